The van der Waals surface area contributed by atoms with Gasteiger partial charge < -0.3 is 14.9 Å². The van der Waals surface area contributed by atoms with Gasteiger partial charge in [0.1, 0.15) is 0 Å². The minimum Gasteiger partial charge on any atom is -0.371 e. The molecule has 2 aromatic heterocycles. The number of pyridine rings is 2. The Hall–Kier alpha value is -3.60. The van der Waals surface area contributed by atoms with Gasteiger partial charge in [0.15, 0.2) is 10.9 Å². The number of rotatable bonds is 4. The first-order valence-electron chi connectivity index (χ1n) is 10.9. The zero-order valence-electron chi connectivity index (χ0n) is 18.0. The maximum atomic E-state index is 13.8. The Labute approximate surface area is 179 Å². The highest BCUT2D eigenvalue weighted by Crippen LogP contribution is 2.30. The molecule has 0 amide bonds. The van der Waals surface area contributed by atoms with Crippen molar-refractivity contribution in [3.05, 3.63) is 74.5 Å². The van der Waals surface area contributed by atoms with Gasteiger partial charge in [0, 0.05) is 34.8 Å². The van der Waals surface area contributed by atoms with E-state index in [9.17, 15) is 9.59 Å². The lowest BCUT2D eigenvalue weighted by atomic mass is 10.0. The third-order valence-corrected chi connectivity index (χ3v) is 6.31. The molecule has 0 radical (unpaired) electrons. The zero-order chi connectivity index (χ0) is 21.7. The Morgan fingerprint density at radius 3 is 2.03 bits per heavy atom. The molecule has 0 aliphatic heterocycles. The first kappa shape index (κ1) is 19.4. The highest BCUT2D eigenvalue weighted by Gasteiger charge is 2.18. The van der Waals surface area contributed by atoms with Crippen molar-refractivity contribution >= 4 is 49.3 Å². The molecule has 0 aliphatic rings. The maximum Gasteiger partial charge on any atom is 0.199 e. The van der Waals surface area contributed by atoms with Crippen molar-refractivity contribution in [2.75, 3.05) is 18.0 Å². The molecule has 5 nitrogen and oxygen atoms in total. The molecule has 0 atom stereocenters. The van der Waals surface area contributed by atoms with Crippen LogP contribution >= 0.6 is 0 Å². The monoisotopic (exact) mass is 411 g/mol. The number of nitrogens with one attached hydrogen (secondary N) is 2. The van der Waals surface area contributed by atoms with Gasteiger partial charge in [-0.3, -0.25) is 9.59 Å². The highest BCUT2D eigenvalue weighted by atomic mass is 16.1. The molecule has 2 heterocycles. The standard InChI is InChI=1S/C26H25N3O2/c1-4-15-11-12-20-23(24(15)29(5-2)6-3)26(31)18-14-21-17(13-22(18)28-20)25(30)16-9-7-8-10-19(16)27-21/h7-14H,4-6H2,1-3H3,(H,27,30)(H,28,31). The normalized spacial score (nSPS) is 11.7. The van der Waals surface area contributed by atoms with Crippen molar-refractivity contribution in [3.8, 4) is 0 Å². The average Bonchev–Trinajstić information content (AvgIpc) is 2.79. The van der Waals surface area contributed by atoms with Crippen molar-refractivity contribution in [3.63, 3.8) is 0 Å². The van der Waals surface area contributed by atoms with Crippen LogP contribution in [-0.4, -0.2) is 23.1 Å². The molecule has 0 fully saturated rings. The predicted molar refractivity (Wildman–Crippen MR) is 131 cm³/mol. The van der Waals surface area contributed by atoms with Gasteiger partial charge in [0.2, 0.25) is 0 Å². The van der Waals surface area contributed by atoms with Gasteiger partial charge in [-0.25, -0.2) is 0 Å². The van der Waals surface area contributed by atoms with Gasteiger partial charge in [-0.2, -0.15) is 0 Å². The van der Waals surface area contributed by atoms with E-state index in [4.69, 9.17) is 0 Å². The van der Waals surface area contributed by atoms with E-state index in [1.807, 2.05) is 42.5 Å². The first-order chi connectivity index (χ1) is 15.1. The number of H-pyrrole nitrogens is 2. The average molecular weight is 412 g/mol. The maximum absolute atomic E-state index is 13.8. The van der Waals surface area contributed by atoms with Crippen molar-refractivity contribution in [1.82, 2.24) is 9.97 Å². The molecule has 0 aliphatic carbocycles. The lowest BCUT2D eigenvalue weighted by Gasteiger charge is -2.25. The van der Waals surface area contributed by atoms with Gasteiger partial charge in [-0.1, -0.05) is 25.1 Å². The fraction of sp³-hybridized carbons (Fsp3) is 0.231. The number of hydrogen-bond donors (Lipinski definition) is 2. The van der Waals surface area contributed by atoms with E-state index < -0.39 is 0 Å². The van der Waals surface area contributed by atoms with Crippen LogP contribution in [0.15, 0.2) is 58.1 Å². The summed E-state index contributed by atoms with van der Waals surface area (Å²) in [4.78, 5) is 35.9. The molecule has 0 bridgehead atoms. The van der Waals surface area contributed by atoms with E-state index in [0.717, 1.165) is 41.6 Å². The second-order valence-corrected chi connectivity index (χ2v) is 7.92. The van der Waals surface area contributed by atoms with E-state index in [2.05, 4.69) is 41.7 Å². The molecule has 156 valence electrons. The van der Waals surface area contributed by atoms with E-state index in [-0.39, 0.29) is 10.9 Å². The summed E-state index contributed by atoms with van der Waals surface area (Å²) in [5.74, 6) is 0. The van der Waals surface area contributed by atoms with Crippen LogP contribution < -0.4 is 15.8 Å². The Balaban J connectivity index is 1.95. The van der Waals surface area contributed by atoms with Crippen molar-refractivity contribution in [1.29, 1.82) is 0 Å². The van der Waals surface area contributed by atoms with E-state index in [0.29, 0.717) is 27.2 Å². The van der Waals surface area contributed by atoms with Crippen LogP contribution in [0.3, 0.4) is 0 Å². The summed E-state index contributed by atoms with van der Waals surface area (Å²) < 4.78 is 0. The third-order valence-electron chi connectivity index (χ3n) is 6.31. The molecule has 3 aromatic carbocycles. The van der Waals surface area contributed by atoms with Crippen LogP contribution in [0.5, 0.6) is 0 Å². The van der Waals surface area contributed by atoms with E-state index in [1.165, 1.54) is 5.56 Å². The van der Waals surface area contributed by atoms with Crippen molar-refractivity contribution in [2.45, 2.75) is 27.2 Å². The Kier molecular flexibility index (Phi) is 4.54. The Bertz CT molecular complexity index is 1590. The van der Waals surface area contributed by atoms with Gasteiger partial charge >= 0.3 is 0 Å². The molecule has 5 aromatic rings. The van der Waals surface area contributed by atoms with E-state index in [1.54, 1.807) is 0 Å². The number of nitrogens with zero attached hydrogens (tertiary/aromatic N) is 1. The number of fused-ring (bicyclic) bond motifs is 4. The van der Waals surface area contributed by atoms with Crippen LogP contribution in [0.4, 0.5) is 5.69 Å². The second kappa shape index (κ2) is 7.27. The minimum absolute atomic E-state index is 0.00291. The van der Waals surface area contributed by atoms with Gasteiger partial charge in [-0.15, -0.1) is 0 Å². The van der Waals surface area contributed by atoms with Crippen LogP contribution in [0.25, 0.3) is 43.6 Å². The first-order valence-corrected chi connectivity index (χ1v) is 10.9. The lowest BCUT2D eigenvalue weighted by Crippen LogP contribution is -2.25. The summed E-state index contributed by atoms with van der Waals surface area (Å²) in [6.07, 6.45) is 0.857. The topological polar surface area (TPSA) is 69.0 Å². The molecule has 0 spiro atoms. The number of benzene rings is 3. The SMILES string of the molecule is CCc1ccc2[nH]c3cc4c(=O)c5ccccc5[nH]c4cc3c(=O)c2c1N(CC)CC. The van der Waals surface area contributed by atoms with Crippen LogP contribution in [0.2, 0.25) is 0 Å². The van der Waals surface area contributed by atoms with Crippen LogP contribution in [0.1, 0.15) is 26.3 Å². The fourth-order valence-corrected chi connectivity index (χ4v) is 4.70. The molecule has 0 saturated carbocycles. The lowest BCUT2D eigenvalue weighted by molar-refractivity contribution is 0.860. The zero-order valence-corrected chi connectivity index (χ0v) is 18.0. The molecule has 5 rings (SSSR count). The van der Waals surface area contributed by atoms with E-state index >= 15 is 0 Å². The molecular weight excluding hydrogens is 386 g/mol. The number of aromatic nitrogens is 2. The number of para-hydroxylation sites is 1. The molecule has 5 heteroatoms. The summed E-state index contributed by atoms with van der Waals surface area (Å²) >= 11 is 0. The summed E-state index contributed by atoms with van der Waals surface area (Å²) in [6, 6.07) is 15.2. The number of aryl methyl sites for hydroxylation is 1. The number of hydrogen-bond acceptors (Lipinski definition) is 3. The fourth-order valence-electron chi connectivity index (χ4n) is 4.70. The molecule has 0 saturated heterocycles. The summed E-state index contributed by atoms with van der Waals surface area (Å²) in [5.41, 5.74) is 5.08. The molecule has 2 N–H and O–H groups in total. The Morgan fingerprint density at radius 2 is 1.35 bits per heavy atom. The summed E-state index contributed by atoms with van der Waals surface area (Å²) in [7, 11) is 0. The minimum atomic E-state index is -0.0302. The smallest absolute Gasteiger partial charge is 0.199 e. The van der Waals surface area contributed by atoms with Gasteiger partial charge in [0.05, 0.1) is 27.6 Å². The Morgan fingerprint density at radius 1 is 0.710 bits per heavy atom. The van der Waals surface area contributed by atoms with Crippen molar-refractivity contribution in [2.24, 2.45) is 0 Å². The van der Waals surface area contributed by atoms with Crippen molar-refractivity contribution < 1.29 is 0 Å². The van der Waals surface area contributed by atoms with Gasteiger partial charge in [0.25, 0.3) is 0 Å². The number of aromatic amines is 2. The molecule has 31 heavy (non-hydrogen) atoms. The van der Waals surface area contributed by atoms with Crippen LogP contribution in [0, 0.1) is 0 Å². The second-order valence-electron chi connectivity index (χ2n) is 7.92. The quantitative estimate of drug-likeness (QED) is 0.405. The summed E-state index contributed by atoms with van der Waals surface area (Å²) in [5, 5.41) is 2.54. The van der Waals surface area contributed by atoms with Gasteiger partial charge in [-0.05, 0) is 56.2 Å². The molecule has 0 unspecified atom stereocenters. The predicted octanol–water partition coefficient (Wildman–Crippen LogP) is 5.08. The number of anilines is 1. The third kappa shape index (κ3) is 2.84. The molecular formula is C26H25N3O2. The highest BCUT2D eigenvalue weighted by molar-refractivity contribution is 6.05. The summed E-state index contributed by atoms with van der Waals surface area (Å²) in [6.45, 7) is 8.00. The van der Waals surface area contributed by atoms with Crippen LogP contribution in [-0.2, 0) is 6.42 Å². The largest absolute Gasteiger partial charge is 0.371 e.